The molecule has 0 bridgehead atoms. The smallest absolute Gasteiger partial charge is 0.279 e. The zero-order valence-corrected chi connectivity index (χ0v) is 17.9. The summed E-state index contributed by atoms with van der Waals surface area (Å²) in [5.41, 5.74) is 2.09. The maximum Gasteiger partial charge on any atom is 0.279 e. The number of allylic oxidation sites excluding steroid dienone is 1. The number of piperazine rings is 1. The van der Waals surface area contributed by atoms with Crippen LogP contribution in [0.15, 0.2) is 35.9 Å². The molecule has 2 amide bonds. The van der Waals surface area contributed by atoms with Gasteiger partial charge in [0.2, 0.25) is 0 Å². The maximum absolute atomic E-state index is 13.0. The molecule has 0 unspecified atom stereocenters. The number of nitrogens with one attached hydrogen (secondary N) is 4. The second-order valence-corrected chi connectivity index (χ2v) is 8.51. The number of carbonyl (C=O) groups is 2. The average Bonchev–Trinajstić information content (AvgIpc) is 2.76. The van der Waals surface area contributed by atoms with Crippen molar-refractivity contribution in [3.05, 3.63) is 41.7 Å². The van der Waals surface area contributed by atoms with Crippen molar-refractivity contribution >= 4 is 17.5 Å². The van der Waals surface area contributed by atoms with Crippen LogP contribution in [-0.4, -0.2) is 57.1 Å². The second-order valence-electron chi connectivity index (χ2n) is 8.51. The Labute approximate surface area is 178 Å². The van der Waals surface area contributed by atoms with Gasteiger partial charge in [-0.25, -0.2) is 4.39 Å². The molecule has 164 valence electrons. The molecule has 1 fully saturated rings. The van der Waals surface area contributed by atoms with E-state index in [1.54, 1.807) is 12.1 Å². The first-order valence-corrected chi connectivity index (χ1v) is 11.2. The van der Waals surface area contributed by atoms with Gasteiger partial charge in [0, 0.05) is 12.2 Å². The standard InChI is InChI=1S/C23H33FN4O2/c1-18(23(30)25-12-11-19-5-3-2-4-6-19)28-15-13-27(14-16-28)17-22(29)26-21-9-7-20(24)8-10-21/h5,7-10,18H,2-4,6,11-17H2,1H3,(H,25,30)(H,26,29)/p+2/t18-/m1/s1. The fourth-order valence-electron chi connectivity index (χ4n) is 4.32. The number of rotatable bonds is 8. The first kappa shape index (κ1) is 22.4. The van der Waals surface area contributed by atoms with Gasteiger partial charge in [-0.15, -0.1) is 0 Å². The van der Waals surface area contributed by atoms with E-state index in [0.717, 1.165) is 39.1 Å². The molecule has 1 saturated heterocycles. The van der Waals surface area contributed by atoms with E-state index in [9.17, 15) is 14.0 Å². The lowest BCUT2D eigenvalue weighted by Gasteiger charge is -2.32. The van der Waals surface area contributed by atoms with Gasteiger partial charge in [-0.05, 0) is 63.3 Å². The third-order valence-corrected chi connectivity index (χ3v) is 6.27. The Balaban J connectivity index is 1.34. The predicted octanol–water partition coefficient (Wildman–Crippen LogP) is -0.0572. The van der Waals surface area contributed by atoms with Crippen molar-refractivity contribution in [1.29, 1.82) is 0 Å². The van der Waals surface area contributed by atoms with Gasteiger partial charge in [0.25, 0.3) is 11.8 Å². The number of carbonyl (C=O) groups excluding carboxylic acids is 2. The fraction of sp³-hybridized carbons (Fsp3) is 0.565. The number of amides is 2. The molecule has 3 rings (SSSR count). The topological polar surface area (TPSA) is 67.1 Å². The van der Waals surface area contributed by atoms with Gasteiger partial charge in [0.05, 0.1) is 0 Å². The van der Waals surface area contributed by atoms with Gasteiger partial charge in [0.1, 0.15) is 32.0 Å². The summed E-state index contributed by atoms with van der Waals surface area (Å²) in [7, 11) is 0. The molecule has 6 nitrogen and oxygen atoms in total. The lowest BCUT2D eigenvalue weighted by atomic mass is 9.97. The van der Waals surface area contributed by atoms with Crippen LogP contribution in [0.1, 0.15) is 39.0 Å². The van der Waals surface area contributed by atoms with Crippen LogP contribution < -0.4 is 20.4 Å². The number of benzene rings is 1. The van der Waals surface area contributed by atoms with Crippen molar-refractivity contribution in [2.24, 2.45) is 0 Å². The van der Waals surface area contributed by atoms with Gasteiger partial charge in [-0.2, -0.15) is 0 Å². The summed E-state index contributed by atoms with van der Waals surface area (Å²) < 4.78 is 13.0. The predicted molar refractivity (Wildman–Crippen MR) is 115 cm³/mol. The van der Waals surface area contributed by atoms with Crippen molar-refractivity contribution < 1.29 is 23.8 Å². The third-order valence-electron chi connectivity index (χ3n) is 6.27. The van der Waals surface area contributed by atoms with Crippen LogP contribution in [0, 0.1) is 5.82 Å². The van der Waals surface area contributed by atoms with Crippen molar-refractivity contribution in [2.75, 3.05) is 44.6 Å². The number of quaternary nitrogens is 2. The lowest BCUT2D eigenvalue weighted by molar-refractivity contribution is -1.01. The van der Waals surface area contributed by atoms with Crippen LogP contribution in [-0.2, 0) is 9.59 Å². The largest absolute Gasteiger partial charge is 0.351 e. The van der Waals surface area contributed by atoms with E-state index in [-0.39, 0.29) is 23.7 Å². The van der Waals surface area contributed by atoms with Gasteiger partial charge in [0.15, 0.2) is 12.6 Å². The van der Waals surface area contributed by atoms with Crippen molar-refractivity contribution in [1.82, 2.24) is 5.32 Å². The normalized spacial score (nSPS) is 22.7. The molecule has 1 atom stereocenters. The van der Waals surface area contributed by atoms with Crippen LogP contribution >= 0.6 is 0 Å². The minimum atomic E-state index is -0.318. The first-order chi connectivity index (χ1) is 14.5. The summed E-state index contributed by atoms with van der Waals surface area (Å²) in [5.74, 6) is -0.260. The van der Waals surface area contributed by atoms with Crippen LogP contribution in [0.2, 0.25) is 0 Å². The fourth-order valence-corrected chi connectivity index (χ4v) is 4.32. The van der Waals surface area contributed by atoms with Crippen molar-refractivity contribution in [3.63, 3.8) is 0 Å². The number of anilines is 1. The molecule has 0 saturated carbocycles. The molecule has 0 spiro atoms. The Morgan fingerprint density at radius 2 is 1.83 bits per heavy atom. The van der Waals surface area contributed by atoms with Crippen LogP contribution in [0.5, 0.6) is 0 Å². The van der Waals surface area contributed by atoms with Crippen LogP contribution in [0.4, 0.5) is 10.1 Å². The Kier molecular flexibility index (Phi) is 8.39. The van der Waals surface area contributed by atoms with E-state index in [4.69, 9.17) is 0 Å². The van der Waals surface area contributed by atoms with E-state index in [1.165, 1.54) is 53.2 Å². The molecule has 1 heterocycles. The monoisotopic (exact) mass is 418 g/mol. The van der Waals surface area contributed by atoms with Gasteiger partial charge >= 0.3 is 0 Å². The Hall–Kier alpha value is -2.25. The van der Waals surface area contributed by atoms with Crippen LogP contribution in [0.25, 0.3) is 0 Å². The zero-order chi connectivity index (χ0) is 21.3. The molecule has 1 aliphatic heterocycles. The van der Waals surface area contributed by atoms with Gasteiger partial charge in [-0.3, -0.25) is 9.59 Å². The summed E-state index contributed by atoms with van der Waals surface area (Å²) in [6.45, 7) is 6.57. The molecule has 7 heteroatoms. The molecule has 2 aliphatic rings. The minimum absolute atomic E-state index is 0.0668. The van der Waals surface area contributed by atoms with Gasteiger partial charge in [-0.1, -0.05) is 11.6 Å². The van der Waals surface area contributed by atoms with Crippen LogP contribution in [0.3, 0.4) is 0 Å². The molecule has 1 aliphatic carbocycles. The second kappa shape index (κ2) is 11.2. The zero-order valence-electron chi connectivity index (χ0n) is 17.9. The summed E-state index contributed by atoms with van der Waals surface area (Å²) in [4.78, 5) is 27.3. The molecular weight excluding hydrogens is 383 g/mol. The minimum Gasteiger partial charge on any atom is -0.351 e. The summed E-state index contributed by atoms with van der Waals surface area (Å²) in [5, 5.41) is 5.92. The molecule has 0 aromatic heterocycles. The molecule has 1 aromatic carbocycles. The summed E-state index contributed by atoms with van der Waals surface area (Å²) >= 11 is 0. The van der Waals surface area contributed by atoms with E-state index < -0.39 is 0 Å². The SMILES string of the molecule is C[C@H](C(=O)NCCC1=CCCCC1)[NH+]1CC[NH+](CC(=O)Nc2ccc(F)cc2)CC1. The maximum atomic E-state index is 13.0. The Morgan fingerprint density at radius 1 is 1.10 bits per heavy atom. The third kappa shape index (κ3) is 6.92. The van der Waals surface area contributed by atoms with Crippen molar-refractivity contribution in [2.45, 2.75) is 45.1 Å². The molecule has 1 aromatic rings. The molecule has 4 N–H and O–H groups in total. The summed E-state index contributed by atoms with van der Waals surface area (Å²) in [6, 6.07) is 5.73. The highest BCUT2D eigenvalue weighted by molar-refractivity contribution is 5.91. The highest BCUT2D eigenvalue weighted by Gasteiger charge is 2.31. The molecule has 30 heavy (non-hydrogen) atoms. The van der Waals surface area contributed by atoms with E-state index in [1.807, 2.05) is 6.92 Å². The lowest BCUT2D eigenvalue weighted by Crippen LogP contribution is -3.30. The molecule has 0 radical (unpaired) electrons. The Bertz CT molecular complexity index is 742. The van der Waals surface area contributed by atoms with Gasteiger partial charge < -0.3 is 20.4 Å². The molecular formula is C23H35FN4O2+2. The average molecular weight is 419 g/mol. The van der Waals surface area contributed by atoms with E-state index in [0.29, 0.717) is 12.2 Å². The number of hydrogen-bond donors (Lipinski definition) is 4. The number of hydrogen-bond acceptors (Lipinski definition) is 2. The quantitative estimate of drug-likeness (QED) is 0.447. The Morgan fingerprint density at radius 3 is 2.50 bits per heavy atom. The highest BCUT2D eigenvalue weighted by Crippen LogP contribution is 2.19. The van der Waals surface area contributed by atoms with E-state index in [2.05, 4.69) is 16.7 Å². The first-order valence-electron chi connectivity index (χ1n) is 11.2. The van der Waals surface area contributed by atoms with E-state index >= 15 is 0 Å². The number of halogens is 1. The van der Waals surface area contributed by atoms with Crippen molar-refractivity contribution in [3.8, 4) is 0 Å². The summed E-state index contributed by atoms with van der Waals surface area (Å²) in [6.07, 6.45) is 8.22. The highest BCUT2D eigenvalue weighted by atomic mass is 19.1.